The van der Waals surface area contributed by atoms with Crippen LogP contribution in [0.4, 0.5) is 5.69 Å². The molecule has 1 amide bonds. The molecule has 1 fully saturated rings. The molecule has 21 heavy (non-hydrogen) atoms. The maximum Gasteiger partial charge on any atom is 0.228 e. The largest absolute Gasteiger partial charge is 0.382 e. The molecule has 116 valence electrons. The van der Waals surface area contributed by atoms with E-state index in [0.717, 1.165) is 37.2 Å². The zero-order valence-electron chi connectivity index (χ0n) is 12.6. The van der Waals surface area contributed by atoms with Crippen LogP contribution in [-0.4, -0.2) is 39.3 Å². The molecule has 1 aliphatic heterocycles. The van der Waals surface area contributed by atoms with Gasteiger partial charge in [-0.2, -0.15) is 0 Å². The number of anilines is 1. The van der Waals surface area contributed by atoms with Crippen LogP contribution in [0.5, 0.6) is 0 Å². The standard InChI is InChI=1S/C16H24N2O3/c1-20-8-9-21-12-13-4-2-6-15(10-13)18-16(19)14-5-3-7-17-11-14/h2,4,6,10,14,17H,3,5,7-9,11-12H2,1H3,(H,18,19)/t14-/m0/s1. The van der Waals surface area contributed by atoms with Crippen LogP contribution in [0.15, 0.2) is 24.3 Å². The van der Waals surface area contributed by atoms with E-state index in [1.54, 1.807) is 7.11 Å². The molecule has 1 heterocycles. The van der Waals surface area contributed by atoms with Crippen molar-refractivity contribution >= 4 is 11.6 Å². The molecule has 2 N–H and O–H groups in total. The zero-order valence-corrected chi connectivity index (χ0v) is 12.6. The van der Waals surface area contributed by atoms with Crippen molar-refractivity contribution in [3.63, 3.8) is 0 Å². The predicted octanol–water partition coefficient (Wildman–Crippen LogP) is 1.79. The van der Waals surface area contributed by atoms with Crippen LogP contribution in [0.25, 0.3) is 0 Å². The van der Waals surface area contributed by atoms with Crippen LogP contribution in [0, 0.1) is 5.92 Å². The highest BCUT2D eigenvalue weighted by Gasteiger charge is 2.20. The van der Waals surface area contributed by atoms with Gasteiger partial charge in [-0.05, 0) is 37.1 Å². The minimum atomic E-state index is 0.0698. The van der Waals surface area contributed by atoms with Gasteiger partial charge in [0.05, 0.1) is 25.7 Å². The van der Waals surface area contributed by atoms with Crippen LogP contribution >= 0.6 is 0 Å². The lowest BCUT2D eigenvalue weighted by molar-refractivity contribution is -0.120. The summed E-state index contributed by atoms with van der Waals surface area (Å²) in [5, 5.41) is 6.25. The van der Waals surface area contributed by atoms with E-state index >= 15 is 0 Å². The second-order valence-electron chi connectivity index (χ2n) is 5.28. The van der Waals surface area contributed by atoms with Crippen molar-refractivity contribution in [2.75, 3.05) is 38.7 Å². The van der Waals surface area contributed by atoms with E-state index in [0.29, 0.717) is 19.8 Å². The number of nitrogens with one attached hydrogen (secondary N) is 2. The summed E-state index contributed by atoms with van der Waals surface area (Å²) in [5.41, 5.74) is 1.88. The molecule has 1 aliphatic rings. The van der Waals surface area contributed by atoms with Crippen molar-refractivity contribution in [3.05, 3.63) is 29.8 Å². The Hall–Kier alpha value is -1.43. The van der Waals surface area contributed by atoms with Gasteiger partial charge in [-0.1, -0.05) is 12.1 Å². The van der Waals surface area contributed by atoms with Gasteiger partial charge in [0.1, 0.15) is 0 Å². The lowest BCUT2D eigenvalue weighted by atomic mass is 9.99. The Bertz CT molecular complexity index is 445. The van der Waals surface area contributed by atoms with Crippen LogP contribution in [-0.2, 0) is 20.9 Å². The highest BCUT2D eigenvalue weighted by molar-refractivity contribution is 5.92. The van der Waals surface area contributed by atoms with Gasteiger partial charge in [0, 0.05) is 19.3 Å². The minimum Gasteiger partial charge on any atom is -0.382 e. The SMILES string of the molecule is COCCOCc1cccc(NC(=O)[C@H]2CCCNC2)c1. The average Bonchev–Trinajstić information content (AvgIpc) is 2.53. The first-order valence-corrected chi connectivity index (χ1v) is 7.47. The molecule has 0 spiro atoms. The van der Waals surface area contributed by atoms with Crippen LogP contribution in [0.1, 0.15) is 18.4 Å². The first-order chi connectivity index (χ1) is 10.3. The molecule has 1 aromatic rings. The fourth-order valence-electron chi connectivity index (χ4n) is 2.39. The van der Waals surface area contributed by atoms with Crippen molar-refractivity contribution in [1.82, 2.24) is 5.32 Å². The Morgan fingerprint density at radius 1 is 1.43 bits per heavy atom. The van der Waals surface area contributed by atoms with E-state index in [2.05, 4.69) is 10.6 Å². The van der Waals surface area contributed by atoms with Crippen molar-refractivity contribution in [1.29, 1.82) is 0 Å². The number of benzene rings is 1. The number of carbonyl (C=O) groups excluding carboxylic acids is 1. The molecular weight excluding hydrogens is 268 g/mol. The number of methoxy groups -OCH3 is 1. The topological polar surface area (TPSA) is 59.6 Å². The molecule has 2 rings (SSSR count). The van der Waals surface area contributed by atoms with E-state index < -0.39 is 0 Å². The van der Waals surface area contributed by atoms with E-state index in [4.69, 9.17) is 9.47 Å². The lowest BCUT2D eigenvalue weighted by Gasteiger charge is -2.22. The third-order valence-corrected chi connectivity index (χ3v) is 3.56. The lowest BCUT2D eigenvalue weighted by Crippen LogP contribution is -2.37. The molecule has 1 atom stereocenters. The third-order valence-electron chi connectivity index (χ3n) is 3.56. The summed E-state index contributed by atoms with van der Waals surface area (Å²) in [6.07, 6.45) is 2.02. The molecule has 0 radical (unpaired) electrons. The molecule has 0 saturated carbocycles. The fraction of sp³-hybridized carbons (Fsp3) is 0.562. The number of piperidine rings is 1. The van der Waals surface area contributed by atoms with Crippen molar-refractivity contribution in [3.8, 4) is 0 Å². The van der Waals surface area contributed by atoms with Gasteiger partial charge < -0.3 is 20.1 Å². The Morgan fingerprint density at radius 2 is 2.33 bits per heavy atom. The minimum absolute atomic E-state index is 0.0698. The molecule has 0 aromatic heterocycles. The Morgan fingerprint density at radius 3 is 3.10 bits per heavy atom. The molecule has 5 heteroatoms. The zero-order chi connectivity index (χ0) is 14.9. The quantitative estimate of drug-likeness (QED) is 0.752. The summed E-state index contributed by atoms with van der Waals surface area (Å²) < 4.78 is 10.4. The molecule has 0 bridgehead atoms. The van der Waals surface area contributed by atoms with Gasteiger partial charge >= 0.3 is 0 Å². The summed E-state index contributed by atoms with van der Waals surface area (Å²) in [6.45, 7) is 3.47. The van der Waals surface area contributed by atoms with Crippen molar-refractivity contribution in [2.45, 2.75) is 19.4 Å². The Labute approximate surface area is 126 Å². The average molecular weight is 292 g/mol. The predicted molar refractivity (Wildman–Crippen MR) is 82.2 cm³/mol. The summed E-state index contributed by atoms with van der Waals surface area (Å²) in [4.78, 5) is 12.2. The summed E-state index contributed by atoms with van der Waals surface area (Å²) in [6, 6.07) is 7.79. The van der Waals surface area contributed by atoms with E-state index in [1.807, 2.05) is 24.3 Å². The molecule has 0 unspecified atom stereocenters. The highest BCUT2D eigenvalue weighted by atomic mass is 16.5. The van der Waals surface area contributed by atoms with Gasteiger partial charge in [0.25, 0.3) is 0 Å². The molecule has 1 saturated heterocycles. The smallest absolute Gasteiger partial charge is 0.228 e. The molecular formula is C16H24N2O3. The monoisotopic (exact) mass is 292 g/mol. The van der Waals surface area contributed by atoms with Crippen molar-refractivity contribution in [2.24, 2.45) is 5.92 Å². The van der Waals surface area contributed by atoms with Gasteiger partial charge in [-0.25, -0.2) is 0 Å². The maximum atomic E-state index is 12.2. The highest BCUT2D eigenvalue weighted by Crippen LogP contribution is 2.16. The van der Waals surface area contributed by atoms with Crippen LogP contribution in [0.3, 0.4) is 0 Å². The van der Waals surface area contributed by atoms with E-state index in [1.165, 1.54) is 0 Å². The normalized spacial score (nSPS) is 18.4. The Balaban J connectivity index is 1.83. The number of hydrogen-bond donors (Lipinski definition) is 2. The van der Waals surface area contributed by atoms with E-state index in [9.17, 15) is 4.79 Å². The molecule has 0 aliphatic carbocycles. The number of ether oxygens (including phenoxy) is 2. The van der Waals surface area contributed by atoms with E-state index in [-0.39, 0.29) is 11.8 Å². The van der Waals surface area contributed by atoms with Crippen molar-refractivity contribution < 1.29 is 14.3 Å². The number of rotatable bonds is 7. The summed E-state index contributed by atoms with van der Waals surface area (Å²) in [5.74, 6) is 0.167. The first-order valence-electron chi connectivity index (χ1n) is 7.47. The van der Waals surface area contributed by atoms with Gasteiger partial charge in [-0.15, -0.1) is 0 Å². The second kappa shape index (κ2) is 8.77. The number of amides is 1. The number of hydrogen-bond acceptors (Lipinski definition) is 4. The fourth-order valence-corrected chi connectivity index (χ4v) is 2.39. The van der Waals surface area contributed by atoms with Gasteiger partial charge in [0.2, 0.25) is 5.91 Å². The molecule has 1 aromatic carbocycles. The first kappa shape index (κ1) is 15.9. The maximum absolute atomic E-state index is 12.2. The van der Waals surface area contributed by atoms with Gasteiger partial charge in [-0.3, -0.25) is 4.79 Å². The molecule has 5 nitrogen and oxygen atoms in total. The second-order valence-corrected chi connectivity index (χ2v) is 5.28. The van der Waals surface area contributed by atoms with Crippen LogP contribution in [0.2, 0.25) is 0 Å². The number of carbonyl (C=O) groups is 1. The third kappa shape index (κ3) is 5.46. The van der Waals surface area contributed by atoms with Gasteiger partial charge in [0.15, 0.2) is 0 Å². The summed E-state index contributed by atoms with van der Waals surface area (Å²) in [7, 11) is 1.65. The Kier molecular flexibility index (Phi) is 6.66. The summed E-state index contributed by atoms with van der Waals surface area (Å²) >= 11 is 0. The van der Waals surface area contributed by atoms with Crippen LogP contribution < -0.4 is 10.6 Å².